The van der Waals surface area contributed by atoms with E-state index in [4.69, 9.17) is 0 Å². The average Bonchev–Trinajstić information content (AvgIpc) is 2.38. The maximum absolute atomic E-state index is 3.72. The molecule has 0 saturated heterocycles. The van der Waals surface area contributed by atoms with Crippen LogP contribution in [0.2, 0.25) is 0 Å². The van der Waals surface area contributed by atoms with Gasteiger partial charge < -0.3 is 0 Å². The second-order valence-corrected chi connectivity index (χ2v) is 4.61. The maximum Gasteiger partial charge on any atom is -0.0279 e. The third kappa shape index (κ3) is 7.79. The summed E-state index contributed by atoms with van der Waals surface area (Å²) in [6, 6.07) is 10.8. The molecule has 0 atom stereocenters. The fraction of sp³-hybridized carbons (Fsp3) is 0.471. The molecule has 0 heteroatoms. The van der Waals surface area contributed by atoms with Crippen molar-refractivity contribution in [2.24, 2.45) is 0 Å². The number of hydrogen-bond donors (Lipinski definition) is 0. The number of rotatable bonds is 10. The van der Waals surface area contributed by atoms with Gasteiger partial charge in [0, 0.05) is 0 Å². The average molecular weight is 229 g/mol. The Morgan fingerprint density at radius 3 is 2.35 bits per heavy atom. The Hall–Kier alpha value is -1.04. The monoisotopic (exact) mass is 229 g/mol. The van der Waals surface area contributed by atoms with Crippen molar-refractivity contribution in [3.63, 3.8) is 0 Å². The van der Waals surface area contributed by atoms with Gasteiger partial charge in [-0.15, -0.1) is 6.58 Å². The molecular formula is C17H25. The second-order valence-electron chi connectivity index (χ2n) is 4.61. The summed E-state index contributed by atoms with van der Waals surface area (Å²) < 4.78 is 0. The van der Waals surface area contributed by atoms with Gasteiger partial charge in [-0.05, 0) is 37.7 Å². The van der Waals surface area contributed by atoms with Gasteiger partial charge in [0.15, 0.2) is 0 Å². The maximum atomic E-state index is 3.72. The molecule has 1 aromatic rings. The summed E-state index contributed by atoms with van der Waals surface area (Å²) in [5.41, 5.74) is 1.48. The van der Waals surface area contributed by atoms with Crippen LogP contribution in [0.5, 0.6) is 0 Å². The minimum atomic E-state index is 1.06. The predicted octanol–water partition coefficient (Wildman–Crippen LogP) is 5.35. The summed E-state index contributed by atoms with van der Waals surface area (Å²) in [7, 11) is 0. The number of benzene rings is 1. The van der Waals surface area contributed by atoms with Gasteiger partial charge in [0.2, 0.25) is 0 Å². The first-order chi connectivity index (χ1) is 8.43. The van der Waals surface area contributed by atoms with E-state index in [0.717, 1.165) is 6.42 Å². The molecule has 0 spiro atoms. The molecule has 0 N–H and O–H groups in total. The molecule has 0 aliphatic rings. The number of aryl methyl sites for hydroxylation is 1. The number of allylic oxidation sites excluding steroid dienone is 1. The van der Waals surface area contributed by atoms with Crippen LogP contribution < -0.4 is 0 Å². The van der Waals surface area contributed by atoms with E-state index in [1.165, 1.54) is 50.5 Å². The van der Waals surface area contributed by atoms with E-state index >= 15 is 0 Å². The van der Waals surface area contributed by atoms with Gasteiger partial charge in [-0.3, -0.25) is 0 Å². The van der Waals surface area contributed by atoms with Crippen molar-refractivity contribution in [2.45, 2.75) is 51.4 Å². The number of hydrogen-bond acceptors (Lipinski definition) is 0. The lowest BCUT2D eigenvalue weighted by atomic mass is 10.0. The van der Waals surface area contributed by atoms with Crippen LogP contribution in [0, 0.1) is 6.42 Å². The minimum Gasteiger partial charge on any atom is -0.103 e. The quantitative estimate of drug-likeness (QED) is 0.375. The lowest BCUT2D eigenvalue weighted by molar-refractivity contribution is 0.609. The molecule has 93 valence electrons. The highest BCUT2D eigenvalue weighted by atomic mass is 14.0. The summed E-state index contributed by atoms with van der Waals surface area (Å²) >= 11 is 0. The summed E-state index contributed by atoms with van der Waals surface area (Å²) in [4.78, 5) is 0. The molecule has 0 aromatic heterocycles. The van der Waals surface area contributed by atoms with E-state index < -0.39 is 0 Å². The highest BCUT2D eigenvalue weighted by molar-refractivity contribution is 5.14. The van der Waals surface area contributed by atoms with Gasteiger partial charge in [-0.1, -0.05) is 62.1 Å². The molecule has 0 heterocycles. The normalized spacial score (nSPS) is 10.4. The van der Waals surface area contributed by atoms with Gasteiger partial charge in [0.1, 0.15) is 0 Å². The summed E-state index contributed by atoms with van der Waals surface area (Å²) in [6.45, 7) is 3.72. The molecule has 0 nitrogen and oxygen atoms in total. The summed E-state index contributed by atoms with van der Waals surface area (Å²) in [5, 5.41) is 0. The molecule has 0 saturated carbocycles. The molecule has 0 aliphatic heterocycles. The molecule has 1 radical (unpaired) electrons. The van der Waals surface area contributed by atoms with Crippen molar-refractivity contribution >= 4 is 0 Å². The molecule has 1 aromatic carbocycles. The van der Waals surface area contributed by atoms with Crippen molar-refractivity contribution in [2.75, 3.05) is 0 Å². The third-order valence-corrected chi connectivity index (χ3v) is 3.05. The zero-order chi connectivity index (χ0) is 12.2. The zero-order valence-corrected chi connectivity index (χ0v) is 10.9. The van der Waals surface area contributed by atoms with E-state index in [2.05, 4.69) is 43.3 Å². The molecule has 0 amide bonds. The van der Waals surface area contributed by atoms with Crippen molar-refractivity contribution < 1.29 is 0 Å². The van der Waals surface area contributed by atoms with Crippen LogP contribution >= 0.6 is 0 Å². The van der Waals surface area contributed by atoms with E-state index in [-0.39, 0.29) is 0 Å². The Kier molecular flexibility index (Phi) is 8.36. The molecule has 0 unspecified atom stereocenters. The van der Waals surface area contributed by atoms with Gasteiger partial charge in [0.05, 0.1) is 0 Å². The van der Waals surface area contributed by atoms with Crippen molar-refractivity contribution in [1.29, 1.82) is 0 Å². The van der Waals surface area contributed by atoms with Gasteiger partial charge >= 0.3 is 0 Å². The van der Waals surface area contributed by atoms with Crippen molar-refractivity contribution in [3.05, 3.63) is 55.0 Å². The van der Waals surface area contributed by atoms with Crippen molar-refractivity contribution in [1.82, 2.24) is 0 Å². The van der Waals surface area contributed by atoms with Gasteiger partial charge in [-0.25, -0.2) is 0 Å². The van der Waals surface area contributed by atoms with Crippen LogP contribution in [0.4, 0.5) is 0 Å². The third-order valence-electron chi connectivity index (χ3n) is 3.05. The lowest BCUT2D eigenvalue weighted by Crippen LogP contribution is -1.86. The van der Waals surface area contributed by atoms with Crippen LogP contribution in [0.1, 0.15) is 50.5 Å². The van der Waals surface area contributed by atoms with Crippen LogP contribution in [-0.4, -0.2) is 0 Å². The molecule has 17 heavy (non-hydrogen) atoms. The first-order valence-corrected chi connectivity index (χ1v) is 6.90. The lowest BCUT2D eigenvalue weighted by Gasteiger charge is -2.02. The van der Waals surface area contributed by atoms with Crippen molar-refractivity contribution in [3.8, 4) is 0 Å². The second kappa shape index (κ2) is 10.1. The van der Waals surface area contributed by atoms with Crippen LogP contribution in [0.3, 0.4) is 0 Å². The molecular weight excluding hydrogens is 204 g/mol. The Balaban J connectivity index is 1.86. The molecule has 0 aliphatic carbocycles. The SMILES string of the molecule is C=CC[CH]CCCCCCCc1ccccc1. The van der Waals surface area contributed by atoms with E-state index in [1.54, 1.807) is 0 Å². The first kappa shape index (κ1) is 14.0. The summed E-state index contributed by atoms with van der Waals surface area (Å²) in [5.74, 6) is 0. The molecule has 0 fully saturated rings. The zero-order valence-electron chi connectivity index (χ0n) is 10.9. The van der Waals surface area contributed by atoms with E-state index in [9.17, 15) is 0 Å². The van der Waals surface area contributed by atoms with E-state index in [0.29, 0.717) is 0 Å². The first-order valence-electron chi connectivity index (χ1n) is 6.90. The highest BCUT2D eigenvalue weighted by Crippen LogP contribution is 2.10. The van der Waals surface area contributed by atoms with Gasteiger partial charge in [0.25, 0.3) is 0 Å². The van der Waals surface area contributed by atoms with Crippen LogP contribution in [0.25, 0.3) is 0 Å². The standard InChI is InChI=1S/C17H25/c1-2-3-4-5-6-7-8-9-11-14-17-15-12-10-13-16-17/h2,4,10,12-13,15-16H,1,3,5-9,11,14H2. The highest BCUT2D eigenvalue weighted by Gasteiger charge is 1.93. The fourth-order valence-corrected chi connectivity index (χ4v) is 2.03. The Morgan fingerprint density at radius 1 is 0.882 bits per heavy atom. The Bertz CT molecular complexity index is 273. The predicted molar refractivity (Wildman–Crippen MR) is 77.0 cm³/mol. The van der Waals surface area contributed by atoms with Gasteiger partial charge in [-0.2, -0.15) is 0 Å². The molecule has 1 rings (SSSR count). The molecule has 0 bridgehead atoms. The van der Waals surface area contributed by atoms with Crippen LogP contribution in [-0.2, 0) is 6.42 Å². The number of unbranched alkanes of at least 4 members (excludes halogenated alkanes) is 7. The summed E-state index contributed by atoms with van der Waals surface area (Å²) in [6.07, 6.45) is 14.7. The fourth-order valence-electron chi connectivity index (χ4n) is 2.03. The van der Waals surface area contributed by atoms with Crippen LogP contribution in [0.15, 0.2) is 43.0 Å². The Morgan fingerprint density at radius 2 is 1.59 bits per heavy atom. The van der Waals surface area contributed by atoms with E-state index in [1.807, 2.05) is 6.08 Å². The smallest absolute Gasteiger partial charge is 0.0279 e. The Labute approximate surface area is 107 Å². The topological polar surface area (TPSA) is 0 Å². The minimum absolute atomic E-state index is 1.06. The largest absolute Gasteiger partial charge is 0.103 e.